The average molecular weight is 263 g/mol. The molecule has 0 aliphatic heterocycles. The molecule has 0 heterocycles. The van der Waals surface area contributed by atoms with Crippen LogP contribution in [-0.4, -0.2) is 17.6 Å². The third-order valence-electron chi connectivity index (χ3n) is 3.48. The van der Waals surface area contributed by atoms with E-state index in [0.29, 0.717) is 25.3 Å². The van der Waals surface area contributed by atoms with Crippen molar-refractivity contribution in [3.8, 4) is 0 Å². The summed E-state index contributed by atoms with van der Waals surface area (Å²) in [5.74, 6) is -0.490. The number of nitrogens with two attached hydrogens (primary N) is 1. The standard InChI is InChI=1S/C16H25NO2/c1-12(2)14-8-6-13(7-9-14)11-15(16(18)19)5-3-4-10-17/h6-9,12,15H,3-5,10-11,17H2,1-2H3,(H,18,19). The molecule has 0 radical (unpaired) electrons. The van der Waals surface area contributed by atoms with Gasteiger partial charge in [-0.05, 0) is 42.9 Å². The van der Waals surface area contributed by atoms with Crippen LogP contribution in [0.4, 0.5) is 0 Å². The number of carboxylic acids is 1. The van der Waals surface area contributed by atoms with E-state index in [1.807, 2.05) is 12.1 Å². The minimum Gasteiger partial charge on any atom is -0.481 e. The lowest BCUT2D eigenvalue weighted by molar-refractivity contribution is -0.142. The third kappa shape index (κ3) is 5.43. The average Bonchev–Trinajstić information content (AvgIpc) is 2.38. The van der Waals surface area contributed by atoms with Crippen LogP contribution in [0.15, 0.2) is 24.3 Å². The Morgan fingerprint density at radius 2 is 1.84 bits per heavy atom. The summed E-state index contributed by atoms with van der Waals surface area (Å²) < 4.78 is 0. The number of hydrogen-bond donors (Lipinski definition) is 2. The van der Waals surface area contributed by atoms with Crippen molar-refractivity contribution < 1.29 is 9.90 Å². The second-order valence-corrected chi connectivity index (χ2v) is 5.42. The monoisotopic (exact) mass is 263 g/mol. The van der Waals surface area contributed by atoms with E-state index >= 15 is 0 Å². The van der Waals surface area contributed by atoms with Gasteiger partial charge in [-0.2, -0.15) is 0 Å². The zero-order valence-electron chi connectivity index (χ0n) is 11.9. The Balaban J connectivity index is 2.60. The lowest BCUT2D eigenvalue weighted by Crippen LogP contribution is -2.17. The molecule has 0 bridgehead atoms. The van der Waals surface area contributed by atoms with Crippen LogP contribution in [0.5, 0.6) is 0 Å². The highest BCUT2D eigenvalue weighted by atomic mass is 16.4. The first-order valence-corrected chi connectivity index (χ1v) is 7.06. The molecule has 0 aliphatic rings. The van der Waals surface area contributed by atoms with Crippen molar-refractivity contribution in [2.75, 3.05) is 6.54 Å². The molecule has 1 aromatic rings. The highest BCUT2D eigenvalue weighted by Crippen LogP contribution is 2.19. The van der Waals surface area contributed by atoms with Crippen molar-refractivity contribution in [1.82, 2.24) is 0 Å². The molecule has 3 heteroatoms. The zero-order chi connectivity index (χ0) is 14.3. The van der Waals surface area contributed by atoms with Crippen LogP contribution in [0.1, 0.15) is 50.2 Å². The molecule has 19 heavy (non-hydrogen) atoms. The second-order valence-electron chi connectivity index (χ2n) is 5.42. The molecule has 0 aromatic heterocycles. The smallest absolute Gasteiger partial charge is 0.306 e. The number of aliphatic carboxylic acids is 1. The molecule has 1 aromatic carbocycles. The van der Waals surface area contributed by atoms with E-state index in [1.165, 1.54) is 5.56 Å². The van der Waals surface area contributed by atoms with Gasteiger partial charge in [0.05, 0.1) is 5.92 Å². The van der Waals surface area contributed by atoms with E-state index in [2.05, 4.69) is 26.0 Å². The number of unbranched alkanes of at least 4 members (excludes halogenated alkanes) is 1. The van der Waals surface area contributed by atoms with E-state index in [9.17, 15) is 9.90 Å². The van der Waals surface area contributed by atoms with Crippen molar-refractivity contribution >= 4 is 5.97 Å². The van der Waals surface area contributed by atoms with Gasteiger partial charge >= 0.3 is 5.97 Å². The maximum Gasteiger partial charge on any atom is 0.306 e. The molecule has 0 amide bonds. The molecule has 3 N–H and O–H groups in total. The van der Waals surface area contributed by atoms with Crippen LogP contribution in [0.2, 0.25) is 0 Å². The van der Waals surface area contributed by atoms with Crippen molar-refractivity contribution in [3.05, 3.63) is 35.4 Å². The van der Waals surface area contributed by atoms with Crippen LogP contribution in [0.3, 0.4) is 0 Å². The van der Waals surface area contributed by atoms with Gasteiger partial charge in [-0.1, -0.05) is 44.5 Å². The quantitative estimate of drug-likeness (QED) is 0.708. The molecule has 1 rings (SSSR count). The Hall–Kier alpha value is -1.35. The zero-order valence-corrected chi connectivity index (χ0v) is 11.9. The molecule has 0 spiro atoms. The number of carboxylic acid groups (broad SMARTS) is 1. The van der Waals surface area contributed by atoms with E-state index in [0.717, 1.165) is 18.4 Å². The fraction of sp³-hybridized carbons (Fsp3) is 0.562. The Kier molecular flexibility index (Phi) is 6.57. The largest absolute Gasteiger partial charge is 0.481 e. The van der Waals surface area contributed by atoms with Crippen molar-refractivity contribution in [3.63, 3.8) is 0 Å². The molecular weight excluding hydrogens is 238 g/mol. The molecule has 106 valence electrons. The van der Waals surface area contributed by atoms with Gasteiger partial charge in [0.25, 0.3) is 0 Å². The van der Waals surface area contributed by atoms with Crippen LogP contribution in [-0.2, 0) is 11.2 Å². The minimum atomic E-state index is -0.704. The summed E-state index contributed by atoms with van der Waals surface area (Å²) in [6.45, 7) is 4.94. The summed E-state index contributed by atoms with van der Waals surface area (Å²) in [5.41, 5.74) is 7.83. The maximum atomic E-state index is 11.2. The summed E-state index contributed by atoms with van der Waals surface area (Å²) in [6, 6.07) is 8.29. The van der Waals surface area contributed by atoms with Crippen molar-refractivity contribution in [1.29, 1.82) is 0 Å². The number of hydrogen-bond acceptors (Lipinski definition) is 2. The number of benzene rings is 1. The predicted molar refractivity (Wildman–Crippen MR) is 78.3 cm³/mol. The van der Waals surface area contributed by atoms with Crippen LogP contribution < -0.4 is 5.73 Å². The van der Waals surface area contributed by atoms with Crippen LogP contribution >= 0.6 is 0 Å². The van der Waals surface area contributed by atoms with Gasteiger partial charge in [-0.25, -0.2) is 0 Å². The van der Waals surface area contributed by atoms with Gasteiger partial charge in [0.1, 0.15) is 0 Å². The lowest BCUT2D eigenvalue weighted by atomic mass is 9.92. The molecular formula is C16H25NO2. The molecule has 0 saturated heterocycles. The highest BCUT2D eigenvalue weighted by Gasteiger charge is 2.17. The van der Waals surface area contributed by atoms with Crippen LogP contribution in [0, 0.1) is 5.92 Å². The fourth-order valence-corrected chi connectivity index (χ4v) is 2.17. The normalized spacial score (nSPS) is 12.6. The van der Waals surface area contributed by atoms with E-state index in [4.69, 9.17) is 5.73 Å². The molecule has 1 atom stereocenters. The summed E-state index contributed by atoms with van der Waals surface area (Å²) >= 11 is 0. The van der Waals surface area contributed by atoms with Crippen molar-refractivity contribution in [2.24, 2.45) is 11.7 Å². The van der Waals surface area contributed by atoms with E-state index in [-0.39, 0.29) is 5.92 Å². The van der Waals surface area contributed by atoms with Gasteiger partial charge in [-0.3, -0.25) is 4.79 Å². The Morgan fingerprint density at radius 3 is 2.32 bits per heavy atom. The Bertz CT molecular complexity index is 384. The molecule has 1 unspecified atom stereocenters. The topological polar surface area (TPSA) is 63.3 Å². The van der Waals surface area contributed by atoms with E-state index < -0.39 is 5.97 Å². The SMILES string of the molecule is CC(C)c1ccc(CC(CCCCN)C(=O)O)cc1. The second kappa shape index (κ2) is 7.95. The maximum absolute atomic E-state index is 11.2. The van der Waals surface area contributed by atoms with Gasteiger partial charge in [0, 0.05) is 0 Å². The van der Waals surface area contributed by atoms with E-state index in [1.54, 1.807) is 0 Å². The minimum absolute atomic E-state index is 0.295. The Labute approximate surface area is 115 Å². The molecule has 3 nitrogen and oxygen atoms in total. The third-order valence-corrected chi connectivity index (χ3v) is 3.48. The number of carbonyl (C=O) groups is 1. The van der Waals surface area contributed by atoms with Gasteiger partial charge in [0.15, 0.2) is 0 Å². The summed E-state index contributed by atoms with van der Waals surface area (Å²) in [6.07, 6.45) is 3.10. The summed E-state index contributed by atoms with van der Waals surface area (Å²) in [4.78, 5) is 11.2. The first-order chi connectivity index (χ1) is 9.04. The molecule has 0 aliphatic carbocycles. The van der Waals surface area contributed by atoms with Gasteiger partial charge < -0.3 is 10.8 Å². The molecule has 0 fully saturated rings. The van der Waals surface area contributed by atoms with Crippen LogP contribution in [0.25, 0.3) is 0 Å². The van der Waals surface area contributed by atoms with Crippen molar-refractivity contribution in [2.45, 2.75) is 45.4 Å². The Morgan fingerprint density at radius 1 is 1.21 bits per heavy atom. The van der Waals surface area contributed by atoms with Gasteiger partial charge in [0.2, 0.25) is 0 Å². The molecule has 0 saturated carbocycles. The fourth-order valence-electron chi connectivity index (χ4n) is 2.17. The first kappa shape index (κ1) is 15.7. The van der Waals surface area contributed by atoms with Gasteiger partial charge in [-0.15, -0.1) is 0 Å². The lowest BCUT2D eigenvalue weighted by Gasteiger charge is -2.13. The first-order valence-electron chi connectivity index (χ1n) is 7.06. The summed E-state index contributed by atoms with van der Waals surface area (Å²) in [7, 11) is 0. The predicted octanol–water partition coefficient (Wildman–Crippen LogP) is 3.18. The summed E-state index contributed by atoms with van der Waals surface area (Å²) in [5, 5.41) is 9.25. The number of rotatable bonds is 8. The highest BCUT2D eigenvalue weighted by molar-refractivity contribution is 5.70.